The maximum absolute atomic E-state index is 12.7. The number of carbonyl (C=O) groups excluding carboxylic acids is 1. The second-order valence-corrected chi connectivity index (χ2v) is 7.12. The number of aryl methyl sites for hydroxylation is 2. The largest absolute Gasteiger partial charge is 0.469 e. The highest BCUT2D eigenvalue weighted by Gasteiger charge is 2.36. The van der Waals surface area contributed by atoms with Crippen molar-refractivity contribution in [3.63, 3.8) is 0 Å². The van der Waals surface area contributed by atoms with Gasteiger partial charge in [-0.2, -0.15) is 4.31 Å². The lowest BCUT2D eigenvalue weighted by atomic mass is 10.0. The lowest BCUT2D eigenvalue weighted by Gasteiger charge is -2.33. The van der Waals surface area contributed by atoms with Gasteiger partial charge in [0.25, 0.3) is 10.0 Å². The SMILES string of the molecule is COC(=O)CC1CCCCN1S(=O)(=O)c1cn(C)c(C)n1. The molecule has 0 saturated carbocycles. The number of ether oxygens (including phenoxy) is 1. The molecule has 0 spiro atoms. The molecule has 1 atom stereocenters. The van der Waals surface area contributed by atoms with Gasteiger partial charge in [0, 0.05) is 25.8 Å². The van der Waals surface area contributed by atoms with E-state index in [4.69, 9.17) is 0 Å². The van der Waals surface area contributed by atoms with Crippen molar-refractivity contribution >= 4 is 16.0 Å². The van der Waals surface area contributed by atoms with Gasteiger partial charge in [-0.3, -0.25) is 4.79 Å². The summed E-state index contributed by atoms with van der Waals surface area (Å²) in [7, 11) is -0.608. The van der Waals surface area contributed by atoms with Crippen molar-refractivity contribution in [2.24, 2.45) is 7.05 Å². The van der Waals surface area contributed by atoms with E-state index < -0.39 is 10.0 Å². The van der Waals surface area contributed by atoms with Crippen LogP contribution >= 0.6 is 0 Å². The van der Waals surface area contributed by atoms with Crippen LogP contribution in [-0.4, -0.2) is 47.9 Å². The second-order valence-electron chi connectivity index (χ2n) is 5.28. The van der Waals surface area contributed by atoms with Gasteiger partial charge in [0.1, 0.15) is 5.82 Å². The normalized spacial score (nSPS) is 20.4. The van der Waals surface area contributed by atoms with E-state index in [1.165, 1.54) is 17.6 Å². The van der Waals surface area contributed by atoms with E-state index in [1.54, 1.807) is 18.5 Å². The molecule has 1 fully saturated rings. The molecule has 118 valence electrons. The van der Waals surface area contributed by atoms with E-state index in [9.17, 15) is 13.2 Å². The standard InChI is InChI=1S/C13H21N3O4S/c1-10-14-12(9-15(10)2)21(18,19)16-7-5-4-6-11(16)8-13(17)20-3/h9,11H,4-8H2,1-3H3. The molecule has 21 heavy (non-hydrogen) atoms. The molecule has 1 saturated heterocycles. The van der Waals surface area contributed by atoms with Gasteiger partial charge < -0.3 is 9.30 Å². The number of imidazole rings is 1. The van der Waals surface area contributed by atoms with Crippen molar-refractivity contribution < 1.29 is 17.9 Å². The van der Waals surface area contributed by atoms with Crippen LogP contribution in [0.4, 0.5) is 0 Å². The van der Waals surface area contributed by atoms with Gasteiger partial charge in [-0.15, -0.1) is 0 Å². The molecule has 2 heterocycles. The van der Waals surface area contributed by atoms with E-state index >= 15 is 0 Å². The molecule has 1 aliphatic heterocycles. The molecule has 0 aliphatic carbocycles. The molecule has 0 amide bonds. The Morgan fingerprint density at radius 3 is 2.76 bits per heavy atom. The van der Waals surface area contributed by atoms with Crippen LogP contribution in [0.15, 0.2) is 11.2 Å². The summed E-state index contributed by atoms with van der Waals surface area (Å²) in [6, 6.07) is -0.349. The Morgan fingerprint density at radius 2 is 2.19 bits per heavy atom. The molecule has 0 aromatic carbocycles. The lowest BCUT2D eigenvalue weighted by Crippen LogP contribution is -2.44. The zero-order valence-corrected chi connectivity index (χ0v) is 13.4. The smallest absolute Gasteiger partial charge is 0.307 e. The zero-order chi connectivity index (χ0) is 15.6. The number of rotatable bonds is 4. The van der Waals surface area contributed by atoms with Crippen molar-refractivity contribution in [2.75, 3.05) is 13.7 Å². The Bertz CT molecular complexity index is 604. The highest BCUT2D eigenvalue weighted by Crippen LogP contribution is 2.26. The molecular weight excluding hydrogens is 294 g/mol. The minimum absolute atomic E-state index is 0.0410. The molecule has 1 unspecified atom stereocenters. The number of aromatic nitrogens is 2. The van der Waals surface area contributed by atoms with Gasteiger partial charge in [0.05, 0.1) is 13.5 Å². The first-order chi connectivity index (χ1) is 9.86. The summed E-state index contributed by atoms with van der Waals surface area (Å²) in [6.07, 6.45) is 3.97. The third kappa shape index (κ3) is 3.26. The molecule has 0 radical (unpaired) electrons. The predicted octanol–water partition coefficient (Wildman–Crippen LogP) is 0.835. The van der Waals surface area contributed by atoms with E-state index in [1.807, 2.05) is 0 Å². The summed E-state index contributed by atoms with van der Waals surface area (Å²) in [4.78, 5) is 15.6. The number of piperidine rings is 1. The average Bonchev–Trinajstić information content (AvgIpc) is 2.80. The average molecular weight is 315 g/mol. The Kier molecular flexibility index (Phi) is 4.67. The minimum Gasteiger partial charge on any atom is -0.469 e. The van der Waals surface area contributed by atoms with Crippen LogP contribution in [0.5, 0.6) is 0 Å². The summed E-state index contributed by atoms with van der Waals surface area (Å²) < 4.78 is 33.2. The van der Waals surface area contributed by atoms with Crippen LogP contribution in [0.3, 0.4) is 0 Å². The van der Waals surface area contributed by atoms with Crippen LogP contribution in [0.2, 0.25) is 0 Å². The summed E-state index contributed by atoms with van der Waals surface area (Å²) in [5.41, 5.74) is 0. The number of nitrogens with zero attached hydrogens (tertiary/aromatic N) is 3. The fourth-order valence-corrected chi connectivity index (χ4v) is 4.26. The summed E-state index contributed by atoms with van der Waals surface area (Å²) in [5.74, 6) is 0.245. The quantitative estimate of drug-likeness (QED) is 0.769. The van der Waals surface area contributed by atoms with E-state index in [2.05, 4.69) is 9.72 Å². The number of esters is 1. The molecule has 1 aromatic rings. The zero-order valence-electron chi connectivity index (χ0n) is 12.6. The third-order valence-electron chi connectivity index (χ3n) is 3.86. The number of methoxy groups -OCH3 is 1. The minimum atomic E-state index is -3.67. The van der Waals surface area contributed by atoms with Crippen LogP contribution in [-0.2, 0) is 26.6 Å². The first-order valence-electron chi connectivity index (χ1n) is 6.95. The number of carbonyl (C=O) groups is 1. The fraction of sp³-hybridized carbons (Fsp3) is 0.692. The maximum Gasteiger partial charge on any atom is 0.307 e. The topological polar surface area (TPSA) is 81.5 Å². The van der Waals surface area contributed by atoms with Gasteiger partial charge in [0.15, 0.2) is 5.03 Å². The number of hydrogen-bond donors (Lipinski definition) is 0. The van der Waals surface area contributed by atoms with Crippen molar-refractivity contribution in [3.05, 3.63) is 12.0 Å². The molecule has 2 rings (SSSR count). The van der Waals surface area contributed by atoms with E-state index in [0.29, 0.717) is 18.8 Å². The van der Waals surface area contributed by atoms with Crippen molar-refractivity contribution in [1.82, 2.24) is 13.9 Å². The van der Waals surface area contributed by atoms with Gasteiger partial charge in [-0.1, -0.05) is 6.42 Å². The fourth-order valence-electron chi connectivity index (χ4n) is 2.54. The Labute approximate surface area is 125 Å². The summed E-state index contributed by atoms with van der Waals surface area (Å²) >= 11 is 0. The maximum atomic E-state index is 12.7. The Morgan fingerprint density at radius 1 is 1.48 bits per heavy atom. The van der Waals surface area contributed by atoms with E-state index in [-0.39, 0.29) is 23.5 Å². The Hall–Kier alpha value is -1.41. The van der Waals surface area contributed by atoms with Crippen molar-refractivity contribution in [1.29, 1.82) is 0 Å². The highest BCUT2D eigenvalue weighted by atomic mass is 32.2. The van der Waals surface area contributed by atoms with Crippen molar-refractivity contribution in [3.8, 4) is 0 Å². The molecule has 1 aliphatic rings. The second kappa shape index (κ2) is 6.15. The van der Waals surface area contributed by atoms with Gasteiger partial charge in [0.2, 0.25) is 0 Å². The van der Waals surface area contributed by atoms with Crippen LogP contribution in [0.25, 0.3) is 0 Å². The molecule has 7 nitrogen and oxygen atoms in total. The summed E-state index contributed by atoms with van der Waals surface area (Å²) in [6.45, 7) is 2.17. The van der Waals surface area contributed by atoms with Gasteiger partial charge >= 0.3 is 5.97 Å². The first-order valence-corrected chi connectivity index (χ1v) is 8.39. The Balaban J connectivity index is 2.29. The monoisotopic (exact) mass is 315 g/mol. The van der Waals surface area contributed by atoms with Gasteiger partial charge in [-0.05, 0) is 19.8 Å². The lowest BCUT2D eigenvalue weighted by molar-refractivity contribution is -0.141. The predicted molar refractivity (Wildman–Crippen MR) is 76.1 cm³/mol. The van der Waals surface area contributed by atoms with Crippen LogP contribution in [0.1, 0.15) is 31.5 Å². The third-order valence-corrected chi connectivity index (χ3v) is 5.69. The highest BCUT2D eigenvalue weighted by molar-refractivity contribution is 7.89. The molecule has 1 aromatic heterocycles. The summed E-state index contributed by atoms with van der Waals surface area (Å²) in [5, 5.41) is 0.0410. The number of hydrogen-bond acceptors (Lipinski definition) is 5. The van der Waals surface area contributed by atoms with Crippen LogP contribution < -0.4 is 0 Å². The van der Waals surface area contributed by atoms with Gasteiger partial charge in [-0.25, -0.2) is 13.4 Å². The molecule has 0 N–H and O–H groups in total. The molecular formula is C13H21N3O4S. The van der Waals surface area contributed by atoms with E-state index in [0.717, 1.165) is 12.8 Å². The molecule has 0 bridgehead atoms. The van der Waals surface area contributed by atoms with Crippen LogP contribution in [0, 0.1) is 6.92 Å². The number of sulfonamides is 1. The first kappa shape index (κ1) is 16.0. The van der Waals surface area contributed by atoms with Crippen molar-refractivity contribution in [2.45, 2.75) is 43.7 Å². The molecule has 8 heteroatoms.